The number of hydrogen-bond acceptors (Lipinski definition) is 2. The van der Waals surface area contributed by atoms with Crippen LogP contribution in [0.4, 0.5) is 0 Å². The number of amides is 1. The molecule has 1 heterocycles. The smallest absolute Gasteiger partial charge is 0.254 e. The molecule has 1 aromatic carbocycles. The minimum absolute atomic E-state index is 0.0266. The third-order valence-electron chi connectivity index (χ3n) is 4.20. The van der Waals surface area contributed by atoms with Crippen LogP contribution in [-0.4, -0.2) is 15.7 Å². The summed E-state index contributed by atoms with van der Waals surface area (Å²) in [4.78, 5) is 12.3. The summed E-state index contributed by atoms with van der Waals surface area (Å²) in [5.74, 6) is 0.491. The average Bonchev–Trinajstić information content (AvgIpc) is 2.98. The SMILES string of the molecule is CCC(C)c1ccc(C(CC)NC(=O)c2cnn(C)c2)cc1. The van der Waals surface area contributed by atoms with Gasteiger partial charge in [-0.2, -0.15) is 5.10 Å². The average molecular weight is 299 g/mol. The first-order valence-electron chi connectivity index (χ1n) is 7.94. The largest absolute Gasteiger partial charge is 0.345 e. The Balaban J connectivity index is 2.09. The van der Waals surface area contributed by atoms with Crippen LogP contribution in [0.2, 0.25) is 0 Å². The van der Waals surface area contributed by atoms with E-state index in [0.29, 0.717) is 11.5 Å². The Morgan fingerprint density at radius 3 is 2.32 bits per heavy atom. The lowest BCUT2D eigenvalue weighted by atomic mass is 9.95. The number of nitrogens with one attached hydrogen (secondary N) is 1. The standard InChI is InChI=1S/C18H25N3O/c1-5-13(3)14-7-9-15(10-8-14)17(6-2)20-18(22)16-11-19-21(4)12-16/h7-13,17H,5-6H2,1-4H3,(H,20,22). The summed E-state index contributed by atoms with van der Waals surface area (Å²) in [6.45, 7) is 6.51. The van der Waals surface area contributed by atoms with Gasteiger partial charge in [-0.1, -0.05) is 45.0 Å². The van der Waals surface area contributed by atoms with Crippen molar-refractivity contribution < 1.29 is 4.79 Å². The fourth-order valence-corrected chi connectivity index (χ4v) is 2.49. The molecule has 2 atom stereocenters. The highest BCUT2D eigenvalue weighted by atomic mass is 16.1. The van der Waals surface area contributed by atoms with E-state index < -0.39 is 0 Å². The third-order valence-corrected chi connectivity index (χ3v) is 4.20. The number of benzene rings is 1. The van der Waals surface area contributed by atoms with Crippen LogP contribution in [0.1, 0.15) is 67.1 Å². The van der Waals surface area contributed by atoms with Gasteiger partial charge in [0.25, 0.3) is 5.91 Å². The van der Waals surface area contributed by atoms with Gasteiger partial charge in [0.05, 0.1) is 17.8 Å². The molecule has 0 spiro atoms. The lowest BCUT2D eigenvalue weighted by Gasteiger charge is -2.18. The summed E-state index contributed by atoms with van der Waals surface area (Å²) in [7, 11) is 1.81. The molecule has 0 saturated heterocycles. The molecule has 1 amide bonds. The molecule has 4 nitrogen and oxygen atoms in total. The summed E-state index contributed by atoms with van der Waals surface area (Å²) in [6.07, 6.45) is 5.31. The quantitative estimate of drug-likeness (QED) is 0.881. The van der Waals surface area contributed by atoms with Gasteiger partial charge in [-0.25, -0.2) is 0 Å². The number of nitrogens with zero attached hydrogens (tertiary/aromatic N) is 2. The van der Waals surface area contributed by atoms with Gasteiger partial charge >= 0.3 is 0 Å². The number of carbonyl (C=O) groups is 1. The van der Waals surface area contributed by atoms with Crippen molar-refractivity contribution in [3.63, 3.8) is 0 Å². The van der Waals surface area contributed by atoms with E-state index >= 15 is 0 Å². The Morgan fingerprint density at radius 1 is 1.18 bits per heavy atom. The molecule has 0 saturated carbocycles. The molecule has 0 aliphatic heterocycles. The molecule has 22 heavy (non-hydrogen) atoms. The minimum Gasteiger partial charge on any atom is -0.345 e. The number of carbonyl (C=O) groups excluding carboxylic acids is 1. The molecule has 1 aromatic heterocycles. The fourth-order valence-electron chi connectivity index (χ4n) is 2.49. The van der Waals surface area contributed by atoms with Crippen molar-refractivity contribution >= 4 is 5.91 Å². The second-order valence-corrected chi connectivity index (χ2v) is 5.81. The molecular weight excluding hydrogens is 274 g/mol. The number of aryl methyl sites for hydroxylation is 1. The van der Waals surface area contributed by atoms with Crippen LogP contribution in [0.15, 0.2) is 36.7 Å². The van der Waals surface area contributed by atoms with E-state index in [1.54, 1.807) is 17.1 Å². The first-order valence-corrected chi connectivity index (χ1v) is 7.94. The van der Waals surface area contributed by atoms with Gasteiger partial charge in [0, 0.05) is 13.2 Å². The van der Waals surface area contributed by atoms with Crippen LogP contribution in [-0.2, 0) is 7.05 Å². The van der Waals surface area contributed by atoms with E-state index in [4.69, 9.17) is 0 Å². The first kappa shape index (κ1) is 16.3. The Hall–Kier alpha value is -2.10. The molecule has 0 bridgehead atoms. The third kappa shape index (κ3) is 3.75. The summed E-state index contributed by atoms with van der Waals surface area (Å²) < 4.78 is 1.64. The van der Waals surface area contributed by atoms with Crippen molar-refractivity contribution in [3.05, 3.63) is 53.3 Å². The fraction of sp³-hybridized carbons (Fsp3) is 0.444. The molecule has 2 unspecified atom stereocenters. The molecule has 0 radical (unpaired) electrons. The highest BCUT2D eigenvalue weighted by Gasteiger charge is 2.15. The molecule has 0 fully saturated rings. The van der Waals surface area contributed by atoms with E-state index in [2.05, 4.69) is 55.5 Å². The number of aromatic nitrogens is 2. The highest BCUT2D eigenvalue weighted by Crippen LogP contribution is 2.23. The second kappa shape index (κ2) is 7.25. The topological polar surface area (TPSA) is 46.9 Å². The second-order valence-electron chi connectivity index (χ2n) is 5.81. The molecule has 118 valence electrons. The molecule has 4 heteroatoms. The van der Waals surface area contributed by atoms with E-state index in [1.807, 2.05) is 7.05 Å². The van der Waals surface area contributed by atoms with Crippen LogP contribution in [0.3, 0.4) is 0 Å². The van der Waals surface area contributed by atoms with Gasteiger partial charge in [0.2, 0.25) is 0 Å². The van der Waals surface area contributed by atoms with E-state index in [0.717, 1.165) is 18.4 Å². The Bertz CT molecular complexity index is 616. The lowest BCUT2D eigenvalue weighted by Crippen LogP contribution is -2.27. The first-order chi connectivity index (χ1) is 10.5. The van der Waals surface area contributed by atoms with Crippen LogP contribution in [0, 0.1) is 0 Å². The monoisotopic (exact) mass is 299 g/mol. The van der Waals surface area contributed by atoms with Gasteiger partial charge in [0.15, 0.2) is 0 Å². The summed E-state index contributed by atoms with van der Waals surface area (Å²) >= 11 is 0. The van der Waals surface area contributed by atoms with E-state index in [1.165, 1.54) is 5.56 Å². The van der Waals surface area contributed by atoms with Crippen LogP contribution >= 0.6 is 0 Å². The van der Waals surface area contributed by atoms with Crippen molar-refractivity contribution in [2.75, 3.05) is 0 Å². The Kier molecular flexibility index (Phi) is 5.36. The zero-order valence-electron chi connectivity index (χ0n) is 13.8. The van der Waals surface area contributed by atoms with Crippen LogP contribution < -0.4 is 5.32 Å². The van der Waals surface area contributed by atoms with E-state index in [-0.39, 0.29) is 11.9 Å². The molecular formula is C18H25N3O. The predicted octanol–water partition coefficient (Wildman–Crippen LogP) is 3.81. The Labute approximate surface area is 132 Å². The minimum atomic E-state index is -0.0778. The zero-order chi connectivity index (χ0) is 16.1. The summed E-state index contributed by atoms with van der Waals surface area (Å²) in [5, 5.41) is 7.12. The normalized spacial score (nSPS) is 13.6. The number of hydrogen-bond donors (Lipinski definition) is 1. The maximum absolute atomic E-state index is 12.3. The van der Waals surface area contributed by atoms with Gasteiger partial charge in [0.1, 0.15) is 0 Å². The van der Waals surface area contributed by atoms with Gasteiger partial charge < -0.3 is 5.32 Å². The highest BCUT2D eigenvalue weighted by molar-refractivity contribution is 5.93. The lowest BCUT2D eigenvalue weighted by molar-refractivity contribution is 0.0935. The molecule has 1 N–H and O–H groups in total. The molecule has 2 rings (SSSR count). The molecule has 0 aliphatic rings. The number of rotatable bonds is 6. The van der Waals surface area contributed by atoms with Crippen LogP contribution in [0.5, 0.6) is 0 Å². The van der Waals surface area contributed by atoms with E-state index in [9.17, 15) is 4.79 Å². The maximum Gasteiger partial charge on any atom is 0.254 e. The van der Waals surface area contributed by atoms with Crippen LogP contribution in [0.25, 0.3) is 0 Å². The van der Waals surface area contributed by atoms with Crippen molar-refractivity contribution in [1.82, 2.24) is 15.1 Å². The van der Waals surface area contributed by atoms with Crippen molar-refractivity contribution in [3.8, 4) is 0 Å². The van der Waals surface area contributed by atoms with Gasteiger partial charge in [-0.15, -0.1) is 0 Å². The van der Waals surface area contributed by atoms with Crippen molar-refractivity contribution in [1.29, 1.82) is 0 Å². The Morgan fingerprint density at radius 2 is 1.82 bits per heavy atom. The predicted molar refractivity (Wildman–Crippen MR) is 88.9 cm³/mol. The maximum atomic E-state index is 12.3. The zero-order valence-corrected chi connectivity index (χ0v) is 13.8. The summed E-state index contributed by atoms with van der Waals surface area (Å²) in [6, 6.07) is 8.61. The van der Waals surface area contributed by atoms with Crippen molar-refractivity contribution in [2.45, 2.75) is 45.6 Å². The summed E-state index contributed by atoms with van der Waals surface area (Å²) in [5.41, 5.74) is 3.09. The van der Waals surface area contributed by atoms with Gasteiger partial charge in [-0.3, -0.25) is 9.48 Å². The van der Waals surface area contributed by atoms with Crippen molar-refractivity contribution in [2.24, 2.45) is 7.05 Å². The van der Waals surface area contributed by atoms with Gasteiger partial charge in [-0.05, 0) is 29.9 Å². The molecule has 2 aromatic rings. The molecule has 0 aliphatic carbocycles.